The van der Waals surface area contributed by atoms with E-state index in [4.69, 9.17) is 5.11 Å². The summed E-state index contributed by atoms with van der Waals surface area (Å²) >= 11 is 0. The molecule has 1 unspecified atom stereocenters. The predicted octanol–water partition coefficient (Wildman–Crippen LogP) is 3.48. The molecule has 3 N–H and O–H groups in total. The van der Waals surface area contributed by atoms with Gasteiger partial charge in [-0.05, 0) is 43.3 Å². The normalized spacial score (nSPS) is 12.6. The van der Waals surface area contributed by atoms with Crippen LogP contribution >= 0.6 is 0 Å². The van der Waals surface area contributed by atoms with Crippen LogP contribution in [-0.2, 0) is 4.79 Å². The molecule has 0 spiro atoms. The van der Waals surface area contributed by atoms with Gasteiger partial charge in [0.15, 0.2) is 6.04 Å². The molecular formula is C16H15N5O2. The Hall–Kier alpha value is -3.22. The zero-order valence-electron chi connectivity index (χ0n) is 12.4. The number of nitrogens with one attached hydrogen (secondary N) is 2. The molecule has 7 heteroatoms. The fourth-order valence-electron chi connectivity index (χ4n) is 2.01. The molecule has 1 aromatic heterocycles. The number of H-pyrrole nitrogens is 1. The zero-order valence-corrected chi connectivity index (χ0v) is 12.4. The van der Waals surface area contributed by atoms with E-state index in [1.54, 1.807) is 0 Å². The molecule has 7 nitrogen and oxygen atoms in total. The van der Waals surface area contributed by atoms with Gasteiger partial charge in [-0.15, -0.1) is 0 Å². The lowest BCUT2D eigenvalue weighted by Crippen LogP contribution is -2.12. The quantitative estimate of drug-likeness (QED) is 0.496. The molecule has 116 valence electrons. The molecule has 23 heavy (non-hydrogen) atoms. The number of rotatable bonds is 5. The lowest BCUT2D eigenvalue weighted by Gasteiger charge is -2.02. The van der Waals surface area contributed by atoms with Crippen LogP contribution in [0.3, 0.4) is 0 Å². The Bertz CT molecular complexity index is 821. The van der Waals surface area contributed by atoms with Crippen molar-refractivity contribution in [2.75, 3.05) is 5.43 Å². The van der Waals surface area contributed by atoms with E-state index in [0.29, 0.717) is 5.69 Å². The standard InChI is InChI=1S/C16H15N5O2/c1-10(16(22)23)19-21-20-12-8-6-11(7-9-12)15-17-13-4-2-3-5-14(13)18-15/h2-10H,1H3,(H,17,18)(H,19,20)(H,22,23). The number of aromatic nitrogens is 2. The second kappa shape index (κ2) is 6.27. The smallest absolute Gasteiger partial charge is 0.330 e. The van der Waals surface area contributed by atoms with E-state index in [9.17, 15) is 4.79 Å². The van der Waals surface area contributed by atoms with Crippen LogP contribution in [0.4, 0.5) is 5.69 Å². The summed E-state index contributed by atoms with van der Waals surface area (Å²) in [5.74, 6) is -0.227. The van der Waals surface area contributed by atoms with Gasteiger partial charge in [-0.3, -0.25) is 5.43 Å². The Kier molecular flexibility index (Phi) is 4.01. The van der Waals surface area contributed by atoms with Crippen LogP contribution in [-0.4, -0.2) is 27.1 Å². The lowest BCUT2D eigenvalue weighted by atomic mass is 10.2. The monoisotopic (exact) mass is 309 g/mol. The number of carbonyl (C=O) groups is 1. The third-order valence-corrected chi connectivity index (χ3v) is 3.32. The third kappa shape index (κ3) is 3.34. The Morgan fingerprint density at radius 2 is 1.96 bits per heavy atom. The first-order chi connectivity index (χ1) is 11.1. The molecule has 0 saturated heterocycles. The number of para-hydroxylation sites is 2. The summed E-state index contributed by atoms with van der Waals surface area (Å²) in [6.45, 7) is 1.46. The molecule has 1 heterocycles. The van der Waals surface area contributed by atoms with Crippen LogP contribution in [0, 0.1) is 0 Å². The fraction of sp³-hybridized carbons (Fsp3) is 0.125. The second-order valence-corrected chi connectivity index (χ2v) is 5.02. The van der Waals surface area contributed by atoms with Gasteiger partial charge >= 0.3 is 5.97 Å². The highest BCUT2D eigenvalue weighted by molar-refractivity contribution is 5.79. The summed E-state index contributed by atoms with van der Waals surface area (Å²) in [4.78, 5) is 18.4. The Balaban J connectivity index is 1.73. The summed E-state index contributed by atoms with van der Waals surface area (Å²) in [7, 11) is 0. The average Bonchev–Trinajstić information content (AvgIpc) is 2.99. The number of carboxylic acids is 1. The molecule has 0 bridgehead atoms. The summed E-state index contributed by atoms with van der Waals surface area (Å²) in [6, 6.07) is 14.4. The summed E-state index contributed by atoms with van der Waals surface area (Å²) in [6.07, 6.45) is 0. The van der Waals surface area contributed by atoms with Crippen molar-refractivity contribution in [3.05, 3.63) is 48.5 Å². The van der Waals surface area contributed by atoms with Crippen molar-refractivity contribution in [2.24, 2.45) is 10.3 Å². The molecule has 0 aliphatic heterocycles. The number of aliphatic carboxylic acids is 1. The van der Waals surface area contributed by atoms with E-state index in [2.05, 4.69) is 25.7 Å². The van der Waals surface area contributed by atoms with Crippen molar-refractivity contribution in [1.29, 1.82) is 0 Å². The minimum atomic E-state index is -1.02. The number of anilines is 1. The summed E-state index contributed by atoms with van der Waals surface area (Å²) in [5.41, 5.74) is 6.27. The van der Waals surface area contributed by atoms with E-state index < -0.39 is 12.0 Å². The van der Waals surface area contributed by atoms with E-state index in [0.717, 1.165) is 22.4 Å². The maximum Gasteiger partial charge on any atom is 0.330 e. The topological polar surface area (TPSA) is 103 Å². The number of imidazole rings is 1. The van der Waals surface area contributed by atoms with Gasteiger partial charge in [-0.25, -0.2) is 9.78 Å². The van der Waals surface area contributed by atoms with Crippen LogP contribution < -0.4 is 5.43 Å². The van der Waals surface area contributed by atoms with Gasteiger partial charge in [0, 0.05) is 5.56 Å². The van der Waals surface area contributed by atoms with Crippen molar-refractivity contribution in [1.82, 2.24) is 9.97 Å². The minimum absolute atomic E-state index is 0.714. The van der Waals surface area contributed by atoms with Gasteiger partial charge in [0.25, 0.3) is 0 Å². The molecule has 2 aromatic carbocycles. The second-order valence-electron chi connectivity index (χ2n) is 5.02. The summed E-state index contributed by atoms with van der Waals surface area (Å²) in [5, 5.41) is 16.0. The maximum absolute atomic E-state index is 10.6. The van der Waals surface area contributed by atoms with E-state index >= 15 is 0 Å². The van der Waals surface area contributed by atoms with Crippen molar-refractivity contribution in [2.45, 2.75) is 13.0 Å². The van der Waals surface area contributed by atoms with Gasteiger partial charge in [-0.1, -0.05) is 17.4 Å². The number of carboxylic acid groups (broad SMARTS) is 1. The Morgan fingerprint density at radius 1 is 1.22 bits per heavy atom. The molecule has 0 aliphatic carbocycles. The Morgan fingerprint density at radius 3 is 2.65 bits per heavy atom. The number of hydrogen-bond acceptors (Lipinski definition) is 4. The van der Waals surface area contributed by atoms with Gasteiger partial charge in [0.1, 0.15) is 5.82 Å². The fourth-order valence-corrected chi connectivity index (χ4v) is 2.01. The summed E-state index contributed by atoms with van der Waals surface area (Å²) < 4.78 is 0. The largest absolute Gasteiger partial charge is 0.480 e. The van der Waals surface area contributed by atoms with Crippen molar-refractivity contribution in [3.8, 4) is 11.4 Å². The first kappa shape index (κ1) is 14.7. The molecule has 1 atom stereocenters. The molecular weight excluding hydrogens is 294 g/mol. The molecule has 0 radical (unpaired) electrons. The van der Waals surface area contributed by atoms with E-state index in [1.165, 1.54) is 6.92 Å². The highest BCUT2D eigenvalue weighted by atomic mass is 16.4. The van der Waals surface area contributed by atoms with Crippen LogP contribution in [0.15, 0.2) is 58.9 Å². The van der Waals surface area contributed by atoms with Crippen molar-refractivity contribution < 1.29 is 9.90 Å². The van der Waals surface area contributed by atoms with E-state index in [1.807, 2.05) is 48.5 Å². The molecule has 3 aromatic rings. The van der Waals surface area contributed by atoms with E-state index in [-0.39, 0.29) is 0 Å². The first-order valence-electron chi connectivity index (χ1n) is 7.07. The highest BCUT2D eigenvalue weighted by Crippen LogP contribution is 2.22. The SMILES string of the molecule is CC(N=NNc1ccc(-c2nc3ccccc3[nH]2)cc1)C(=O)O. The molecule has 0 fully saturated rings. The minimum Gasteiger partial charge on any atom is -0.480 e. The molecule has 0 aliphatic rings. The van der Waals surface area contributed by atoms with Gasteiger partial charge in [0.2, 0.25) is 0 Å². The van der Waals surface area contributed by atoms with Crippen LogP contribution in [0.5, 0.6) is 0 Å². The maximum atomic E-state index is 10.6. The lowest BCUT2D eigenvalue weighted by molar-refractivity contribution is -0.138. The predicted molar refractivity (Wildman–Crippen MR) is 87.1 cm³/mol. The average molecular weight is 309 g/mol. The zero-order chi connectivity index (χ0) is 16.2. The Labute approximate surface area is 132 Å². The number of fused-ring (bicyclic) bond motifs is 1. The number of hydrogen-bond donors (Lipinski definition) is 3. The van der Waals surface area contributed by atoms with Crippen LogP contribution in [0.2, 0.25) is 0 Å². The van der Waals surface area contributed by atoms with Crippen LogP contribution in [0.1, 0.15) is 6.92 Å². The number of nitrogens with zero attached hydrogens (tertiary/aromatic N) is 3. The van der Waals surface area contributed by atoms with Crippen molar-refractivity contribution in [3.63, 3.8) is 0 Å². The molecule has 0 saturated carbocycles. The third-order valence-electron chi connectivity index (χ3n) is 3.32. The van der Waals surface area contributed by atoms with Gasteiger partial charge in [0.05, 0.1) is 16.7 Å². The number of benzene rings is 2. The molecule has 3 rings (SSSR count). The van der Waals surface area contributed by atoms with Crippen LogP contribution in [0.25, 0.3) is 22.4 Å². The highest BCUT2D eigenvalue weighted by Gasteiger charge is 2.08. The van der Waals surface area contributed by atoms with Crippen molar-refractivity contribution >= 4 is 22.7 Å². The molecule has 0 amide bonds. The first-order valence-corrected chi connectivity index (χ1v) is 7.07. The van der Waals surface area contributed by atoms with Gasteiger partial charge in [-0.2, -0.15) is 5.11 Å². The van der Waals surface area contributed by atoms with Gasteiger partial charge < -0.3 is 10.1 Å². The number of aromatic amines is 1.